The highest BCUT2D eigenvalue weighted by atomic mass is 127. The number of hydrogen-bond acceptors (Lipinski definition) is 3. The van der Waals surface area contributed by atoms with Crippen LogP contribution in [0, 0.1) is 9.49 Å². The van der Waals surface area contributed by atoms with Gasteiger partial charge in [0, 0.05) is 16.3 Å². The number of carbonyl (C=O) groups is 2. The number of benzene rings is 1. The molecular formula is C13H15IN2O4. The van der Waals surface area contributed by atoms with Gasteiger partial charge in [-0.05, 0) is 40.8 Å². The molecule has 108 valence electrons. The lowest BCUT2D eigenvalue weighted by Gasteiger charge is -2.26. The number of aliphatic carboxylic acids is 1. The number of halogens is 1. The van der Waals surface area contributed by atoms with E-state index in [0.29, 0.717) is 5.69 Å². The second-order valence-electron chi connectivity index (χ2n) is 4.60. The lowest BCUT2D eigenvalue weighted by Crippen LogP contribution is -2.45. The van der Waals surface area contributed by atoms with Crippen molar-refractivity contribution >= 4 is 40.3 Å². The van der Waals surface area contributed by atoms with E-state index in [9.17, 15) is 9.59 Å². The van der Waals surface area contributed by atoms with Gasteiger partial charge in [-0.3, -0.25) is 4.79 Å². The molecule has 0 aromatic heterocycles. The molecule has 20 heavy (non-hydrogen) atoms. The fraction of sp³-hybridized carbons (Fsp3) is 0.385. The number of carbonyl (C=O) groups excluding carboxylic acids is 1. The molecule has 0 radical (unpaired) electrons. The van der Waals surface area contributed by atoms with Crippen molar-refractivity contribution in [1.82, 2.24) is 4.90 Å². The van der Waals surface area contributed by atoms with Crippen LogP contribution in [0.2, 0.25) is 0 Å². The summed E-state index contributed by atoms with van der Waals surface area (Å²) in [4.78, 5) is 24.6. The summed E-state index contributed by atoms with van der Waals surface area (Å²) in [5, 5.41) is 11.9. The number of ether oxygens (including phenoxy) is 1. The van der Waals surface area contributed by atoms with E-state index in [1.165, 1.54) is 4.90 Å². The zero-order valence-electron chi connectivity index (χ0n) is 10.9. The van der Waals surface area contributed by atoms with Crippen molar-refractivity contribution in [3.63, 3.8) is 0 Å². The molecule has 1 aliphatic heterocycles. The number of likely N-dealkylation sites (N-methyl/N-ethyl adjacent to an activating group) is 1. The summed E-state index contributed by atoms with van der Waals surface area (Å²) in [5.41, 5.74) is 0.680. The highest BCUT2D eigenvalue weighted by Crippen LogP contribution is 2.20. The standard InChI is InChI=1S/C13H15IN2O4/c1-16(11-7-20-6-10(11)12(17)18)13(19)15-9-4-2-3-8(14)5-9/h2-5,10-11H,6-7H2,1H3,(H,15,19)(H,17,18). The fourth-order valence-corrected chi connectivity index (χ4v) is 2.63. The van der Waals surface area contributed by atoms with E-state index in [-0.39, 0.29) is 19.2 Å². The molecule has 0 spiro atoms. The molecule has 1 aromatic rings. The highest BCUT2D eigenvalue weighted by Gasteiger charge is 2.38. The van der Waals surface area contributed by atoms with Crippen LogP contribution in [-0.2, 0) is 9.53 Å². The van der Waals surface area contributed by atoms with Gasteiger partial charge in [-0.1, -0.05) is 6.07 Å². The molecule has 0 saturated carbocycles. The molecule has 1 heterocycles. The lowest BCUT2D eigenvalue weighted by molar-refractivity contribution is -0.142. The number of amides is 2. The average Bonchev–Trinajstić information content (AvgIpc) is 2.87. The van der Waals surface area contributed by atoms with Crippen molar-refractivity contribution in [1.29, 1.82) is 0 Å². The third kappa shape index (κ3) is 3.40. The van der Waals surface area contributed by atoms with Crippen molar-refractivity contribution in [3.05, 3.63) is 27.8 Å². The minimum absolute atomic E-state index is 0.140. The predicted molar refractivity (Wildman–Crippen MR) is 81.7 cm³/mol. The maximum Gasteiger partial charge on any atom is 0.321 e. The van der Waals surface area contributed by atoms with Crippen LogP contribution in [0.5, 0.6) is 0 Å². The van der Waals surface area contributed by atoms with Crippen molar-refractivity contribution < 1.29 is 19.4 Å². The van der Waals surface area contributed by atoms with Crippen LogP contribution in [0.4, 0.5) is 10.5 Å². The Morgan fingerprint density at radius 2 is 2.20 bits per heavy atom. The van der Waals surface area contributed by atoms with Gasteiger partial charge in [0.1, 0.15) is 5.92 Å². The summed E-state index contributed by atoms with van der Waals surface area (Å²) in [7, 11) is 1.58. The van der Waals surface area contributed by atoms with Crippen LogP contribution in [0.15, 0.2) is 24.3 Å². The van der Waals surface area contributed by atoms with Gasteiger partial charge in [0.15, 0.2) is 0 Å². The summed E-state index contributed by atoms with van der Waals surface area (Å²) < 4.78 is 6.18. The molecule has 2 atom stereocenters. The number of nitrogens with zero attached hydrogens (tertiary/aromatic N) is 1. The van der Waals surface area contributed by atoms with E-state index >= 15 is 0 Å². The Hall–Kier alpha value is -1.35. The number of hydrogen-bond donors (Lipinski definition) is 2. The molecule has 2 N–H and O–H groups in total. The normalized spacial score (nSPS) is 21.5. The van der Waals surface area contributed by atoms with Crippen LogP contribution >= 0.6 is 22.6 Å². The van der Waals surface area contributed by atoms with Gasteiger partial charge < -0.3 is 20.1 Å². The Labute approximate surface area is 130 Å². The molecule has 1 saturated heterocycles. The molecule has 6 nitrogen and oxygen atoms in total. The Bertz CT molecular complexity index is 523. The van der Waals surface area contributed by atoms with Crippen LogP contribution in [0.25, 0.3) is 0 Å². The van der Waals surface area contributed by atoms with Gasteiger partial charge in [0.25, 0.3) is 0 Å². The molecule has 0 aliphatic carbocycles. The van der Waals surface area contributed by atoms with Gasteiger partial charge in [0.05, 0.1) is 19.3 Å². The van der Waals surface area contributed by atoms with Crippen LogP contribution in [-0.4, -0.2) is 48.3 Å². The summed E-state index contributed by atoms with van der Waals surface area (Å²) in [6, 6.07) is 6.60. The van der Waals surface area contributed by atoms with E-state index in [1.54, 1.807) is 13.1 Å². The van der Waals surface area contributed by atoms with Gasteiger partial charge in [0.2, 0.25) is 0 Å². The number of carboxylic acids is 1. The zero-order valence-corrected chi connectivity index (χ0v) is 13.0. The van der Waals surface area contributed by atoms with Crippen molar-refractivity contribution in [3.8, 4) is 0 Å². The second kappa shape index (κ2) is 6.40. The van der Waals surface area contributed by atoms with E-state index in [4.69, 9.17) is 9.84 Å². The fourth-order valence-electron chi connectivity index (χ4n) is 2.09. The number of rotatable bonds is 3. The predicted octanol–water partition coefficient (Wildman–Crippen LogP) is 1.85. The largest absolute Gasteiger partial charge is 0.481 e. The average molecular weight is 390 g/mol. The molecule has 0 bridgehead atoms. The molecule has 2 rings (SSSR count). The number of carboxylic acid groups (broad SMARTS) is 1. The quantitative estimate of drug-likeness (QED) is 0.773. The number of anilines is 1. The summed E-state index contributed by atoms with van der Waals surface area (Å²) >= 11 is 2.16. The van der Waals surface area contributed by atoms with Crippen LogP contribution < -0.4 is 5.32 Å². The van der Waals surface area contributed by atoms with Crippen molar-refractivity contribution in [2.45, 2.75) is 6.04 Å². The molecule has 2 unspecified atom stereocenters. The Morgan fingerprint density at radius 1 is 1.45 bits per heavy atom. The third-order valence-corrected chi connectivity index (χ3v) is 3.93. The molecule has 7 heteroatoms. The Morgan fingerprint density at radius 3 is 2.85 bits per heavy atom. The first-order valence-electron chi connectivity index (χ1n) is 6.09. The third-order valence-electron chi connectivity index (χ3n) is 3.26. The van der Waals surface area contributed by atoms with E-state index in [2.05, 4.69) is 27.9 Å². The highest BCUT2D eigenvalue weighted by molar-refractivity contribution is 14.1. The second-order valence-corrected chi connectivity index (χ2v) is 5.85. The Kier molecular flexibility index (Phi) is 4.81. The smallest absolute Gasteiger partial charge is 0.321 e. The lowest BCUT2D eigenvalue weighted by atomic mass is 10.0. The van der Waals surface area contributed by atoms with Gasteiger partial charge in [-0.15, -0.1) is 0 Å². The molecule has 1 aromatic carbocycles. The van der Waals surface area contributed by atoms with Crippen molar-refractivity contribution in [2.75, 3.05) is 25.6 Å². The van der Waals surface area contributed by atoms with Gasteiger partial charge in [-0.2, -0.15) is 0 Å². The topological polar surface area (TPSA) is 78.9 Å². The minimum Gasteiger partial charge on any atom is -0.481 e. The molecule has 2 amide bonds. The maximum absolute atomic E-state index is 12.1. The number of urea groups is 1. The number of nitrogens with one attached hydrogen (secondary N) is 1. The molecule has 1 aliphatic rings. The maximum atomic E-state index is 12.1. The summed E-state index contributed by atoms with van der Waals surface area (Å²) in [6.07, 6.45) is 0. The minimum atomic E-state index is -0.943. The SMILES string of the molecule is CN(C(=O)Nc1cccc(I)c1)C1COCC1C(=O)O. The van der Waals surface area contributed by atoms with E-state index < -0.39 is 17.9 Å². The zero-order chi connectivity index (χ0) is 14.7. The van der Waals surface area contributed by atoms with Crippen LogP contribution in [0.3, 0.4) is 0 Å². The molecular weight excluding hydrogens is 375 g/mol. The first-order valence-corrected chi connectivity index (χ1v) is 7.17. The first-order chi connectivity index (χ1) is 9.49. The van der Waals surface area contributed by atoms with Crippen molar-refractivity contribution in [2.24, 2.45) is 5.92 Å². The Balaban J connectivity index is 2.03. The van der Waals surface area contributed by atoms with E-state index in [1.807, 2.05) is 18.2 Å². The monoisotopic (exact) mass is 390 g/mol. The first kappa shape index (κ1) is 15.0. The van der Waals surface area contributed by atoms with Gasteiger partial charge >= 0.3 is 12.0 Å². The summed E-state index contributed by atoms with van der Waals surface area (Å²) in [6.45, 7) is 0.383. The van der Waals surface area contributed by atoms with Gasteiger partial charge in [-0.25, -0.2) is 4.79 Å². The molecule has 1 fully saturated rings. The van der Waals surface area contributed by atoms with E-state index in [0.717, 1.165) is 3.57 Å². The van der Waals surface area contributed by atoms with Crippen LogP contribution in [0.1, 0.15) is 0 Å². The summed E-state index contributed by atoms with van der Waals surface area (Å²) in [5.74, 6) is -1.62.